The Hall–Kier alpha value is -2.18. The molecule has 0 N–H and O–H groups in total. The molecule has 0 aliphatic carbocycles. The van der Waals surface area contributed by atoms with E-state index >= 15 is 0 Å². The number of rotatable bonds is 6. The van der Waals surface area contributed by atoms with Gasteiger partial charge in [0, 0.05) is 17.5 Å². The largest absolute Gasteiger partial charge is 0.290 e. The van der Waals surface area contributed by atoms with Crippen molar-refractivity contribution in [3.05, 3.63) is 58.7 Å². The van der Waals surface area contributed by atoms with Gasteiger partial charge in [0.25, 0.3) is 5.56 Å². The third-order valence-electron chi connectivity index (χ3n) is 3.32. The molecule has 4 nitrogen and oxygen atoms in total. The Bertz CT molecular complexity index is 913. The first-order valence-electron chi connectivity index (χ1n) is 6.92. The molecule has 3 aromatic rings. The number of hydrogen-bond donors (Lipinski definition) is 0. The van der Waals surface area contributed by atoms with Crippen LogP contribution in [0.3, 0.4) is 0 Å². The van der Waals surface area contributed by atoms with Crippen molar-refractivity contribution in [1.29, 1.82) is 0 Å². The minimum Gasteiger partial charge on any atom is -0.290 e. The summed E-state index contributed by atoms with van der Waals surface area (Å²) in [4.78, 5) is 28.7. The molecule has 0 fully saturated rings. The van der Waals surface area contributed by atoms with Gasteiger partial charge in [-0.05, 0) is 5.56 Å². The molecule has 0 atom stereocenters. The second-order valence-electron chi connectivity index (χ2n) is 4.73. The smallest absolute Gasteiger partial charge is 0.263 e. The zero-order valence-electron chi connectivity index (χ0n) is 12.2. The predicted octanol–water partition coefficient (Wildman–Crippen LogP) is 3.51. The third-order valence-corrected chi connectivity index (χ3v) is 5.02. The summed E-state index contributed by atoms with van der Waals surface area (Å²) in [5.74, 6) is 0.145. The van der Waals surface area contributed by atoms with Crippen LogP contribution < -0.4 is 5.56 Å². The summed E-state index contributed by atoms with van der Waals surface area (Å²) in [7, 11) is 0. The molecule has 0 aliphatic rings. The highest BCUT2D eigenvalue weighted by Gasteiger charge is 2.16. The van der Waals surface area contributed by atoms with Gasteiger partial charge in [-0.25, -0.2) is 4.98 Å². The Labute approximate surface area is 141 Å². The Morgan fingerprint density at radius 1 is 1.35 bits per heavy atom. The maximum Gasteiger partial charge on any atom is 0.263 e. The van der Waals surface area contributed by atoms with E-state index in [4.69, 9.17) is 0 Å². The average Bonchev–Trinajstić information content (AvgIpc) is 3.01. The zero-order chi connectivity index (χ0) is 16.2. The van der Waals surface area contributed by atoms with Gasteiger partial charge in [0.1, 0.15) is 4.83 Å². The molecule has 0 spiro atoms. The number of thioether (sulfide) groups is 1. The third kappa shape index (κ3) is 3.00. The fraction of sp³-hybridized carbons (Fsp3) is 0.118. The number of thiophene rings is 1. The van der Waals surface area contributed by atoms with Crippen LogP contribution in [0.5, 0.6) is 0 Å². The van der Waals surface area contributed by atoms with E-state index in [1.54, 1.807) is 10.6 Å². The molecule has 0 saturated carbocycles. The first kappa shape index (κ1) is 15.7. The number of allylic oxidation sites excluding steroid dienone is 1. The molecule has 2 aromatic heterocycles. The van der Waals surface area contributed by atoms with Gasteiger partial charge in [0.05, 0.1) is 11.1 Å². The summed E-state index contributed by atoms with van der Waals surface area (Å²) in [6.07, 6.45) is 3.47. The quantitative estimate of drug-likeness (QED) is 0.391. The van der Waals surface area contributed by atoms with Crippen LogP contribution in [-0.4, -0.2) is 21.6 Å². The monoisotopic (exact) mass is 341 g/mol. The molecule has 1 radical (unpaired) electrons. The van der Waals surface area contributed by atoms with Gasteiger partial charge in [-0.15, -0.1) is 17.9 Å². The molecule has 0 bridgehead atoms. The summed E-state index contributed by atoms with van der Waals surface area (Å²) in [5, 5.41) is 3.09. The molecule has 3 rings (SSSR count). The van der Waals surface area contributed by atoms with Gasteiger partial charge in [-0.1, -0.05) is 48.2 Å². The lowest BCUT2D eigenvalue weighted by Crippen LogP contribution is -2.22. The average molecular weight is 341 g/mol. The first-order chi connectivity index (χ1) is 11.3. The summed E-state index contributed by atoms with van der Waals surface area (Å²) in [6.45, 7) is 4.05. The SMILES string of the molecule is C=CCn1c(SC[C]=O)nc2scc(-c3ccccc3)c2c1=O. The molecule has 0 aliphatic heterocycles. The van der Waals surface area contributed by atoms with Crippen LogP contribution in [0.1, 0.15) is 0 Å². The molecule has 115 valence electrons. The Morgan fingerprint density at radius 3 is 2.83 bits per heavy atom. The van der Waals surface area contributed by atoms with Crippen molar-refractivity contribution < 1.29 is 4.79 Å². The van der Waals surface area contributed by atoms with Crippen LogP contribution in [0, 0.1) is 0 Å². The lowest BCUT2D eigenvalue weighted by atomic mass is 10.1. The molecule has 0 saturated heterocycles. The highest BCUT2D eigenvalue weighted by molar-refractivity contribution is 7.99. The van der Waals surface area contributed by atoms with E-state index in [2.05, 4.69) is 11.6 Å². The second kappa shape index (κ2) is 6.93. The number of benzene rings is 1. The Balaban J connectivity index is 2.24. The lowest BCUT2D eigenvalue weighted by Gasteiger charge is -2.09. The summed E-state index contributed by atoms with van der Waals surface area (Å²) >= 11 is 2.64. The van der Waals surface area contributed by atoms with Crippen molar-refractivity contribution in [2.24, 2.45) is 0 Å². The number of hydrogen-bond acceptors (Lipinski definition) is 5. The molecular formula is C17H13N2O2S2. The van der Waals surface area contributed by atoms with E-state index in [9.17, 15) is 9.59 Å². The minimum atomic E-state index is -0.108. The van der Waals surface area contributed by atoms with Gasteiger partial charge in [0.2, 0.25) is 6.29 Å². The van der Waals surface area contributed by atoms with Gasteiger partial charge in [-0.3, -0.25) is 14.2 Å². The van der Waals surface area contributed by atoms with Gasteiger partial charge in [0.15, 0.2) is 5.16 Å². The van der Waals surface area contributed by atoms with E-state index in [1.807, 2.05) is 42.0 Å². The molecule has 2 heterocycles. The maximum atomic E-state index is 12.9. The Morgan fingerprint density at radius 2 is 2.13 bits per heavy atom. The van der Waals surface area contributed by atoms with E-state index in [0.717, 1.165) is 11.1 Å². The number of nitrogens with zero attached hydrogens (tertiary/aromatic N) is 2. The second-order valence-corrected chi connectivity index (χ2v) is 6.53. The van der Waals surface area contributed by atoms with Crippen LogP contribution in [0.2, 0.25) is 0 Å². The highest BCUT2D eigenvalue weighted by atomic mass is 32.2. The molecule has 6 heteroatoms. The van der Waals surface area contributed by atoms with Crippen molar-refractivity contribution in [3.8, 4) is 11.1 Å². The van der Waals surface area contributed by atoms with Crippen LogP contribution >= 0.6 is 23.1 Å². The fourth-order valence-corrected chi connectivity index (χ4v) is 3.98. The number of fused-ring (bicyclic) bond motifs is 1. The van der Waals surface area contributed by atoms with Gasteiger partial charge >= 0.3 is 0 Å². The molecule has 0 unspecified atom stereocenters. The van der Waals surface area contributed by atoms with Crippen LogP contribution in [-0.2, 0) is 11.3 Å². The first-order valence-corrected chi connectivity index (χ1v) is 8.79. The van der Waals surface area contributed by atoms with E-state index < -0.39 is 0 Å². The zero-order valence-corrected chi connectivity index (χ0v) is 13.8. The van der Waals surface area contributed by atoms with Crippen molar-refractivity contribution in [2.45, 2.75) is 11.7 Å². The number of carbonyl (C=O) groups excluding carboxylic acids is 1. The van der Waals surface area contributed by atoms with Crippen LogP contribution in [0.4, 0.5) is 0 Å². The van der Waals surface area contributed by atoms with Crippen LogP contribution in [0.15, 0.2) is 58.3 Å². The molecular weight excluding hydrogens is 328 g/mol. The lowest BCUT2D eigenvalue weighted by molar-refractivity contribution is 0.560. The standard InChI is InChI=1S/C17H13N2O2S2/c1-2-8-19-16(21)14-13(12-6-4-3-5-7-12)11-23-15(14)18-17(19)22-10-9-20/h2-7,11H,1,8,10H2. The van der Waals surface area contributed by atoms with E-state index in [0.29, 0.717) is 21.9 Å². The molecule has 1 aromatic carbocycles. The summed E-state index contributed by atoms with van der Waals surface area (Å²) in [5.41, 5.74) is 1.77. The van der Waals surface area contributed by atoms with E-state index in [-0.39, 0.29) is 11.3 Å². The molecule has 0 amide bonds. The van der Waals surface area contributed by atoms with Crippen molar-refractivity contribution >= 4 is 39.6 Å². The maximum absolute atomic E-state index is 12.9. The Kier molecular flexibility index (Phi) is 4.73. The minimum absolute atomic E-state index is 0.108. The number of aromatic nitrogens is 2. The van der Waals surface area contributed by atoms with Crippen molar-refractivity contribution in [3.63, 3.8) is 0 Å². The van der Waals surface area contributed by atoms with E-state index in [1.165, 1.54) is 23.1 Å². The van der Waals surface area contributed by atoms with Crippen molar-refractivity contribution in [1.82, 2.24) is 9.55 Å². The van der Waals surface area contributed by atoms with Crippen molar-refractivity contribution in [2.75, 3.05) is 5.75 Å². The van der Waals surface area contributed by atoms with Crippen LogP contribution in [0.25, 0.3) is 21.3 Å². The molecule has 23 heavy (non-hydrogen) atoms. The summed E-state index contributed by atoms with van der Waals surface area (Å²) in [6, 6.07) is 9.78. The highest BCUT2D eigenvalue weighted by Crippen LogP contribution is 2.31. The fourth-order valence-electron chi connectivity index (χ4n) is 2.33. The van der Waals surface area contributed by atoms with Gasteiger partial charge in [-0.2, -0.15) is 0 Å². The topological polar surface area (TPSA) is 52.0 Å². The normalized spacial score (nSPS) is 10.8. The predicted molar refractivity (Wildman–Crippen MR) is 95.9 cm³/mol. The van der Waals surface area contributed by atoms with Gasteiger partial charge < -0.3 is 0 Å². The summed E-state index contributed by atoms with van der Waals surface area (Å²) < 4.78 is 1.55.